The van der Waals surface area contributed by atoms with Crippen LogP contribution in [0.3, 0.4) is 0 Å². The fourth-order valence-corrected chi connectivity index (χ4v) is 3.93. The zero-order valence-electron chi connectivity index (χ0n) is 20.3. The van der Waals surface area contributed by atoms with E-state index in [2.05, 4.69) is 29.2 Å². The minimum absolute atomic E-state index is 0.219. The number of hydrogen-bond donors (Lipinski definition) is 1. The minimum atomic E-state index is -0.600. The van der Waals surface area contributed by atoms with Gasteiger partial charge in [-0.25, -0.2) is 4.79 Å². The summed E-state index contributed by atoms with van der Waals surface area (Å²) in [6.07, 6.45) is -0.600. The van der Waals surface area contributed by atoms with Gasteiger partial charge in [-0.3, -0.25) is 10.00 Å². The van der Waals surface area contributed by atoms with Gasteiger partial charge in [-0.2, -0.15) is 0 Å². The maximum atomic E-state index is 12.4. The molecule has 1 fully saturated rings. The zero-order chi connectivity index (χ0) is 24.8. The van der Waals surface area contributed by atoms with Crippen LogP contribution in [0.5, 0.6) is 11.6 Å². The van der Waals surface area contributed by atoms with E-state index in [1.807, 2.05) is 49.4 Å². The number of hydrogen-bond acceptors (Lipinski definition) is 6. The lowest BCUT2D eigenvalue weighted by molar-refractivity contribution is 0.122. The van der Waals surface area contributed by atoms with Crippen LogP contribution in [-0.2, 0) is 11.3 Å². The molecule has 1 aliphatic heterocycles. The Morgan fingerprint density at radius 2 is 1.89 bits per heavy atom. The van der Waals surface area contributed by atoms with Gasteiger partial charge in [0.25, 0.3) is 0 Å². The van der Waals surface area contributed by atoms with E-state index in [1.165, 1.54) is 0 Å². The number of benzene rings is 2. The molecular formula is C26H31ClN4O4. The second-order valence-corrected chi connectivity index (χ2v) is 9.34. The molecule has 0 unspecified atom stereocenters. The minimum Gasteiger partial charge on any atom is -0.493 e. The number of aryl methyl sites for hydroxylation is 1. The number of carbonyl (C=O) groups is 1. The van der Waals surface area contributed by atoms with Crippen LogP contribution in [0.15, 0.2) is 48.5 Å². The molecule has 9 heteroatoms. The van der Waals surface area contributed by atoms with Gasteiger partial charge in [-0.15, -0.1) is 5.10 Å². The number of aromatic nitrogens is 2. The van der Waals surface area contributed by atoms with Crippen molar-refractivity contribution in [2.75, 3.05) is 43.1 Å². The lowest BCUT2D eigenvalue weighted by Crippen LogP contribution is -2.36. The van der Waals surface area contributed by atoms with Gasteiger partial charge in [0.1, 0.15) is 5.75 Å². The maximum Gasteiger partial charge on any atom is 0.418 e. The van der Waals surface area contributed by atoms with Crippen LogP contribution in [0.2, 0.25) is 5.02 Å². The van der Waals surface area contributed by atoms with E-state index in [9.17, 15) is 4.79 Å². The van der Waals surface area contributed by atoms with E-state index >= 15 is 0 Å². The molecule has 35 heavy (non-hydrogen) atoms. The van der Waals surface area contributed by atoms with Crippen LogP contribution in [0.1, 0.15) is 25.1 Å². The molecular weight excluding hydrogens is 468 g/mol. The van der Waals surface area contributed by atoms with E-state index in [0.29, 0.717) is 29.8 Å². The summed E-state index contributed by atoms with van der Waals surface area (Å²) >= 11 is 6.22. The van der Waals surface area contributed by atoms with E-state index in [4.69, 9.17) is 25.8 Å². The Bertz CT molecular complexity index is 1140. The SMILES string of the molecule is Cc1cc(OC(=O)Nc2ccc(N3CCOCC3)cc2)nn1Cc1cc(Cl)ccc1OCC(C)C. The van der Waals surface area contributed by atoms with E-state index in [1.54, 1.807) is 10.7 Å². The third-order valence-corrected chi connectivity index (χ3v) is 5.80. The van der Waals surface area contributed by atoms with Crippen molar-refractivity contribution in [1.82, 2.24) is 9.78 Å². The molecule has 2 aromatic carbocycles. The quantitative estimate of drug-likeness (QED) is 0.449. The van der Waals surface area contributed by atoms with Crippen molar-refractivity contribution in [2.24, 2.45) is 5.92 Å². The molecule has 1 aliphatic rings. The molecule has 0 aliphatic carbocycles. The molecule has 2 heterocycles. The Hall–Kier alpha value is -3.23. The summed E-state index contributed by atoms with van der Waals surface area (Å²) < 4.78 is 18.5. The van der Waals surface area contributed by atoms with Crippen molar-refractivity contribution in [3.8, 4) is 11.6 Å². The number of carbonyl (C=O) groups excluding carboxylic acids is 1. The normalized spacial score (nSPS) is 13.7. The Balaban J connectivity index is 1.37. The number of nitrogens with zero attached hydrogens (tertiary/aromatic N) is 3. The highest BCUT2D eigenvalue weighted by Gasteiger charge is 2.15. The second-order valence-electron chi connectivity index (χ2n) is 8.90. The topological polar surface area (TPSA) is 77.9 Å². The largest absolute Gasteiger partial charge is 0.493 e. The van der Waals surface area contributed by atoms with Gasteiger partial charge in [0.2, 0.25) is 5.88 Å². The number of morpholine rings is 1. The van der Waals surface area contributed by atoms with Crippen LogP contribution >= 0.6 is 11.6 Å². The second kappa shape index (κ2) is 11.5. The van der Waals surface area contributed by atoms with E-state index in [0.717, 1.165) is 49.0 Å². The molecule has 0 atom stereocenters. The fourth-order valence-electron chi connectivity index (χ4n) is 3.74. The lowest BCUT2D eigenvalue weighted by atomic mass is 10.2. The number of ether oxygens (including phenoxy) is 3. The standard InChI is InChI=1S/C26H31ClN4O4/c1-18(2)17-34-24-9-4-21(27)15-20(24)16-31-19(3)14-25(29-31)35-26(32)28-22-5-7-23(8-6-22)30-10-12-33-13-11-30/h4-9,14-15,18H,10-13,16-17H2,1-3H3,(H,28,32). The number of nitrogens with one attached hydrogen (secondary N) is 1. The van der Waals surface area contributed by atoms with Crippen LogP contribution < -0.4 is 19.7 Å². The molecule has 0 radical (unpaired) electrons. The predicted octanol–water partition coefficient (Wildman–Crippen LogP) is 5.38. The zero-order valence-corrected chi connectivity index (χ0v) is 21.0. The molecule has 0 bridgehead atoms. The van der Waals surface area contributed by atoms with Crippen LogP contribution in [0.25, 0.3) is 0 Å². The van der Waals surface area contributed by atoms with Gasteiger partial charge in [-0.05, 0) is 55.3 Å². The number of anilines is 2. The molecule has 3 aromatic rings. The van der Waals surface area contributed by atoms with Crippen LogP contribution in [0, 0.1) is 12.8 Å². The van der Waals surface area contributed by atoms with Gasteiger partial charge in [0, 0.05) is 46.8 Å². The highest BCUT2D eigenvalue weighted by atomic mass is 35.5. The first-order valence-electron chi connectivity index (χ1n) is 11.7. The molecule has 1 saturated heterocycles. The third kappa shape index (κ3) is 6.90. The van der Waals surface area contributed by atoms with E-state index < -0.39 is 6.09 Å². The number of rotatable bonds is 8. The Morgan fingerprint density at radius 1 is 1.14 bits per heavy atom. The smallest absolute Gasteiger partial charge is 0.418 e. The van der Waals surface area contributed by atoms with Gasteiger partial charge in [0.15, 0.2) is 0 Å². The molecule has 1 N–H and O–H groups in total. The average molecular weight is 499 g/mol. The number of amides is 1. The van der Waals surface area contributed by atoms with Gasteiger partial charge in [0.05, 0.1) is 26.4 Å². The van der Waals surface area contributed by atoms with Crippen molar-refractivity contribution in [3.05, 3.63) is 64.8 Å². The first-order chi connectivity index (χ1) is 16.9. The lowest BCUT2D eigenvalue weighted by Gasteiger charge is -2.28. The Labute approximate surface area is 210 Å². The highest BCUT2D eigenvalue weighted by Crippen LogP contribution is 2.26. The predicted molar refractivity (Wildman–Crippen MR) is 137 cm³/mol. The van der Waals surface area contributed by atoms with Crippen molar-refractivity contribution >= 4 is 29.1 Å². The molecule has 186 valence electrons. The molecule has 1 amide bonds. The summed E-state index contributed by atoms with van der Waals surface area (Å²) in [7, 11) is 0. The number of halogens is 1. The summed E-state index contributed by atoms with van der Waals surface area (Å²) in [5.74, 6) is 1.38. The fraction of sp³-hybridized carbons (Fsp3) is 0.385. The molecule has 1 aromatic heterocycles. The van der Waals surface area contributed by atoms with Crippen molar-refractivity contribution in [1.29, 1.82) is 0 Å². The van der Waals surface area contributed by atoms with Crippen molar-refractivity contribution in [2.45, 2.75) is 27.3 Å². The summed E-state index contributed by atoms with van der Waals surface area (Å²) in [4.78, 5) is 14.7. The van der Waals surface area contributed by atoms with Crippen LogP contribution in [-0.4, -0.2) is 48.8 Å². The first kappa shape index (κ1) is 24.9. The summed E-state index contributed by atoms with van der Waals surface area (Å²) in [6, 6.07) is 14.9. The Kier molecular flexibility index (Phi) is 8.15. The Morgan fingerprint density at radius 3 is 2.60 bits per heavy atom. The molecule has 4 rings (SSSR count). The maximum absolute atomic E-state index is 12.4. The monoisotopic (exact) mass is 498 g/mol. The third-order valence-electron chi connectivity index (χ3n) is 5.56. The van der Waals surface area contributed by atoms with Gasteiger partial charge < -0.3 is 19.1 Å². The van der Waals surface area contributed by atoms with E-state index in [-0.39, 0.29) is 5.88 Å². The summed E-state index contributed by atoms with van der Waals surface area (Å²) in [5, 5.41) is 7.82. The molecule has 0 saturated carbocycles. The van der Waals surface area contributed by atoms with Gasteiger partial charge >= 0.3 is 6.09 Å². The van der Waals surface area contributed by atoms with Crippen LogP contribution in [0.4, 0.5) is 16.2 Å². The summed E-state index contributed by atoms with van der Waals surface area (Å²) in [6.45, 7) is 10.3. The van der Waals surface area contributed by atoms with Crippen molar-refractivity contribution in [3.63, 3.8) is 0 Å². The molecule has 0 spiro atoms. The first-order valence-corrected chi connectivity index (χ1v) is 12.1. The van der Waals surface area contributed by atoms with Gasteiger partial charge in [-0.1, -0.05) is 25.4 Å². The average Bonchev–Trinajstić information content (AvgIpc) is 3.17. The summed E-state index contributed by atoms with van der Waals surface area (Å²) in [5.41, 5.74) is 3.49. The molecule has 8 nitrogen and oxygen atoms in total. The van der Waals surface area contributed by atoms with Crippen molar-refractivity contribution < 1.29 is 19.0 Å². The highest BCUT2D eigenvalue weighted by molar-refractivity contribution is 6.30.